The van der Waals surface area contributed by atoms with Gasteiger partial charge in [0.05, 0.1) is 17.8 Å². The molecule has 5 nitrogen and oxygen atoms in total. The lowest BCUT2D eigenvalue weighted by atomic mass is 10.2. The first-order chi connectivity index (χ1) is 12.1. The van der Waals surface area contributed by atoms with Crippen molar-refractivity contribution in [2.45, 2.75) is 6.54 Å². The molecule has 3 rings (SSSR count). The molecule has 0 atom stereocenters. The number of methoxy groups -OCH3 is 1. The van der Waals surface area contributed by atoms with E-state index < -0.39 is 0 Å². The highest BCUT2D eigenvalue weighted by molar-refractivity contribution is 6.32. The van der Waals surface area contributed by atoms with Gasteiger partial charge in [0, 0.05) is 19.8 Å². The van der Waals surface area contributed by atoms with Crippen LogP contribution in [0.25, 0.3) is 5.69 Å². The summed E-state index contributed by atoms with van der Waals surface area (Å²) in [5.74, 6) is 0.637. The van der Waals surface area contributed by atoms with Crippen molar-refractivity contribution in [2.75, 3.05) is 14.2 Å². The highest BCUT2D eigenvalue weighted by Gasteiger charge is 2.16. The van der Waals surface area contributed by atoms with E-state index in [-0.39, 0.29) is 5.91 Å². The van der Waals surface area contributed by atoms with Gasteiger partial charge in [-0.1, -0.05) is 35.9 Å². The number of amides is 1. The zero-order valence-electron chi connectivity index (χ0n) is 14.0. The summed E-state index contributed by atoms with van der Waals surface area (Å²) < 4.78 is 6.75. The van der Waals surface area contributed by atoms with E-state index in [2.05, 4.69) is 5.10 Å². The fraction of sp³-hybridized carbons (Fsp3) is 0.158. The maximum Gasteiger partial charge on any atom is 0.274 e. The van der Waals surface area contributed by atoms with E-state index in [0.29, 0.717) is 17.3 Å². The zero-order valence-corrected chi connectivity index (χ0v) is 14.8. The highest BCUT2D eigenvalue weighted by atomic mass is 35.5. The van der Waals surface area contributed by atoms with Crippen molar-refractivity contribution in [2.24, 2.45) is 0 Å². The molecule has 128 valence electrons. The van der Waals surface area contributed by atoms with Gasteiger partial charge in [-0.3, -0.25) is 4.79 Å². The Morgan fingerprint density at radius 2 is 1.88 bits per heavy atom. The molecule has 0 unspecified atom stereocenters. The molecule has 0 N–H and O–H groups in total. The molecule has 0 fully saturated rings. The van der Waals surface area contributed by atoms with Crippen molar-refractivity contribution >= 4 is 17.5 Å². The second-order valence-electron chi connectivity index (χ2n) is 5.61. The van der Waals surface area contributed by atoms with Gasteiger partial charge in [0.1, 0.15) is 5.75 Å². The smallest absolute Gasteiger partial charge is 0.274 e. The molecule has 0 aliphatic heterocycles. The number of carbonyl (C=O) groups excluding carboxylic acids is 1. The molecule has 1 aromatic heterocycles. The Morgan fingerprint density at radius 3 is 2.56 bits per heavy atom. The van der Waals surface area contributed by atoms with Crippen LogP contribution < -0.4 is 4.74 Å². The molecule has 2 aromatic carbocycles. The van der Waals surface area contributed by atoms with Crippen molar-refractivity contribution in [3.63, 3.8) is 0 Å². The number of halogens is 1. The second-order valence-corrected chi connectivity index (χ2v) is 6.01. The number of aromatic nitrogens is 2. The lowest BCUT2D eigenvalue weighted by Crippen LogP contribution is -2.26. The number of hydrogen-bond acceptors (Lipinski definition) is 3. The third-order valence-corrected chi connectivity index (χ3v) is 4.15. The SMILES string of the molecule is COc1ccc(CN(C)C(=O)c2ccn(-c3ccccc3Cl)n2)cc1. The average Bonchev–Trinajstić information content (AvgIpc) is 3.12. The lowest BCUT2D eigenvalue weighted by molar-refractivity contribution is 0.0779. The Balaban J connectivity index is 1.73. The van der Waals surface area contributed by atoms with Gasteiger partial charge in [-0.2, -0.15) is 5.10 Å². The van der Waals surface area contributed by atoms with E-state index >= 15 is 0 Å². The van der Waals surface area contributed by atoms with Gasteiger partial charge in [-0.15, -0.1) is 0 Å². The van der Waals surface area contributed by atoms with Gasteiger partial charge >= 0.3 is 0 Å². The number of carbonyl (C=O) groups is 1. The van der Waals surface area contributed by atoms with Gasteiger partial charge in [0.2, 0.25) is 0 Å². The molecular formula is C19H18ClN3O2. The van der Waals surface area contributed by atoms with Gasteiger partial charge in [-0.25, -0.2) is 4.68 Å². The molecule has 0 saturated carbocycles. The summed E-state index contributed by atoms with van der Waals surface area (Å²) in [5, 5.41) is 4.93. The van der Waals surface area contributed by atoms with Crippen molar-refractivity contribution in [1.29, 1.82) is 0 Å². The third-order valence-electron chi connectivity index (χ3n) is 3.83. The van der Waals surface area contributed by atoms with Gasteiger partial charge < -0.3 is 9.64 Å². The fourth-order valence-electron chi connectivity index (χ4n) is 2.48. The van der Waals surface area contributed by atoms with Crippen LogP contribution in [-0.4, -0.2) is 34.7 Å². The number of benzene rings is 2. The van der Waals surface area contributed by atoms with Crippen LogP contribution >= 0.6 is 11.6 Å². The minimum Gasteiger partial charge on any atom is -0.497 e. The highest BCUT2D eigenvalue weighted by Crippen LogP contribution is 2.19. The molecule has 0 aliphatic carbocycles. The van der Waals surface area contributed by atoms with E-state index in [1.807, 2.05) is 42.5 Å². The Labute approximate surface area is 151 Å². The summed E-state index contributed by atoms with van der Waals surface area (Å²) in [7, 11) is 3.38. The van der Waals surface area contributed by atoms with E-state index in [1.54, 1.807) is 42.1 Å². The standard InChI is InChI=1S/C19H18ClN3O2/c1-22(13-14-7-9-15(25-2)10-8-14)19(24)17-11-12-23(21-17)18-6-4-3-5-16(18)20/h3-12H,13H2,1-2H3. The van der Waals surface area contributed by atoms with Crippen LogP contribution in [0.4, 0.5) is 0 Å². The van der Waals surface area contributed by atoms with E-state index in [0.717, 1.165) is 17.0 Å². The Bertz CT molecular complexity index is 874. The first kappa shape index (κ1) is 17.0. The number of hydrogen-bond donors (Lipinski definition) is 0. The Kier molecular flexibility index (Phi) is 5.05. The minimum absolute atomic E-state index is 0.151. The van der Waals surface area contributed by atoms with Crippen molar-refractivity contribution in [1.82, 2.24) is 14.7 Å². The number of nitrogens with zero attached hydrogens (tertiary/aromatic N) is 3. The quantitative estimate of drug-likeness (QED) is 0.699. The largest absolute Gasteiger partial charge is 0.497 e. The summed E-state index contributed by atoms with van der Waals surface area (Å²) in [5.41, 5.74) is 2.12. The maximum atomic E-state index is 12.6. The monoisotopic (exact) mass is 355 g/mol. The van der Waals surface area contributed by atoms with Gasteiger partial charge in [0.25, 0.3) is 5.91 Å². The lowest BCUT2D eigenvalue weighted by Gasteiger charge is -2.16. The topological polar surface area (TPSA) is 47.4 Å². The van der Waals surface area contributed by atoms with Gasteiger partial charge in [0.15, 0.2) is 5.69 Å². The third kappa shape index (κ3) is 3.83. The molecule has 3 aromatic rings. The molecule has 6 heteroatoms. The predicted octanol–water partition coefficient (Wildman–Crippen LogP) is 3.81. The minimum atomic E-state index is -0.151. The van der Waals surface area contributed by atoms with Crippen molar-refractivity contribution in [3.8, 4) is 11.4 Å². The summed E-state index contributed by atoms with van der Waals surface area (Å²) >= 11 is 6.18. The Morgan fingerprint density at radius 1 is 1.16 bits per heavy atom. The fourth-order valence-corrected chi connectivity index (χ4v) is 2.70. The van der Waals surface area contributed by atoms with Crippen LogP contribution in [-0.2, 0) is 6.54 Å². The van der Waals surface area contributed by atoms with Crippen molar-refractivity contribution in [3.05, 3.63) is 77.1 Å². The Hall–Kier alpha value is -2.79. The van der Waals surface area contributed by atoms with Gasteiger partial charge in [-0.05, 0) is 35.9 Å². The van der Waals surface area contributed by atoms with Crippen LogP contribution in [0.5, 0.6) is 5.75 Å². The van der Waals surface area contributed by atoms with Crippen LogP contribution in [0.1, 0.15) is 16.1 Å². The molecule has 0 saturated heterocycles. The molecule has 1 amide bonds. The van der Waals surface area contributed by atoms with E-state index in [9.17, 15) is 4.79 Å². The maximum absolute atomic E-state index is 12.6. The second kappa shape index (κ2) is 7.40. The summed E-state index contributed by atoms with van der Waals surface area (Å²) in [4.78, 5) is 14.2. The van der Waals surface area contributed by atoms with Crippen molar-refractivity contribution < 1.29 is 9.53 Å². The molecule has 0 bridgehead atoms. The predicted molar refractivity (Wildman–Crippen MR) is 97.4 cm³/mol. The summed E-state index contributed by atoms with van der Waals surface area (Å²) in [6, 6.07) is 16.7. The molecule has 0 radical (unpaired) electrons. The zero-order chi connectivity index (χ0) is 17.8. The normalized spacial score (nSPS) is 10.5. The van der Waals surface area contributed by atoms with Crippen LogP contribution in [0.3, 0.4) is 0 Å². The molecular weight excluding hydrogens is 338 g/mol. The molecule has 0 aliphatic rings. The van der Waals surface area contributed by atoms with Crippen LogP contribution in [0.2, 0.25) is 5.02 Å². The summed E-state index contributed by atoms with van der Waals surface area (Å²) in [6.45, 7) is 0.488. The van der Waals surface area contributed by atoms with E-state index in [1.165, 1.54) is 0 Å². The molecule has 1 heterocycles. The molecule has 25 heavy (non-hydrogen) atoms. The number of para-hydroxylation sites is 1. The number of rotatable bonds is 5. The van der Waals surface area contributed by atoms with E-state index in [4.69, 9.17) is 16.3 Å². The van der Waals surface area contributed by atoms with Crippen LogP contribution in [0.15, 0.2) is 60.8 Å². The van der Waals surface area contributed by atoms with Crippen LogP contribution in [0, 0.1) is 0 Å². The average molecular weight is 356 g/mol. The summed E-state index contributed by atoms with van der Waals surface area (Å²) in [6.07, 6.45) is 1.73. The first-order valence-electron chi connectivity index (χ1n) is 7.77. The molecule has 0 spiro atoms. The number of ether oxygens (including phenoxy) is 1. The first-order valence-corrected chi connectivity index (χ1v) is 8.15.